The molecule has 4 rings (SSSR count). The number of hydrogen-bond donors (Lipinski definition) is 1. The molecule has 1 N–H and O–H groups in total. The van der Waals surface area contributed by atoms with Crippen molar-refractivity contribution >= 4 is 29.4 Å². The van der Waals surface area contributed by atoms with Crippen LogP contribution in [0.15, 0.2) is 72.8 Å². The third-order valence-corrected chi connectivity index (χ3v) is 5.48. The van der Waals surface area contributed by atoms with E-state index < -0.39 is 23.8 Å². The van der Waals surface area contributed by atoms with E-state index in [4.69, 9.17) is 4.74 Å². The van der Waals surface area contributed by atoms with Gasteiger partial charge in [-0.05, 0) is 55.8 Å². The molecule has 166 valence electrons. The van der Waals surface area contributed by atoms with Crippen molar-refractivity contribution in [3.05, 3.63) is 101 Å². The molecule has 7 nitrogen and oxygen atoms in total. The molecule has 0 radical (unpaired) electrons. The first-order chi connectivity index (χ1) is 15.9. The second-order valence-electron chi connectivity index (χ2n) is 7.58. The first-order valence-electron chi connectivity index (χ1n) is 10.6. The number of benzene rings is 3. The summed E-state index contributed by atoms with van der Waals surface area (Å²) in [6.45, 7) is 3.75. The van der Waals surface area contributed by atoms with E-state index >= 15 is 0 Å². The summed E-state index contributed by atoms with van der Waals surface area (Å²) in [6.07, 6.45) is 0. The van der Waals surface area contributed by atoms with E-state index in [1.165, 1.54) is 29.2 Å². The molecule has 0 aliphatic carbocycles. The van der Waals surface area contributed by atoms with Gasteiger partial charge in [-0.25, -0.2) is 4.79 Å². The number of imide groups is 1. The molecule has 1 unspecified atom stereocenters. The lowest BCUT2D eigenvalue weighted by atomic mass is 10.1. The van der Waals surface area contributed by atoms with Gasteiger partial charge >= 0.3 is 5.97 Å². The van der Waals surface area contributed by atoms with Crippen molar-refractivity contribution in [3.63, 3.8) is 0 Å². The summed E-state index contributed by atoms with van der Waals surface area (Å²) in [6, 6.07) is 19.7. The molecule has 0 aromatic heterocycles. The Labute approximate surface area is 191 Å². The predicted octanol–water partition coefficient (Wildman–Crippen LogP) is 4.47. The molecule has 0 fully saturated rings. The Balaban J connectivity index is 1.55. The Bertz CT molecular complexity index is 1250. The molecule has 1 heterocycles. The first kappa shape index (κ1) is 22.0. The molecule has 3 aromatic rings. The van der Waals surface area contributed by atoms with Crippen LogP contribution in [-0.2, 0) is 4.74 Å². The number of carbonyl (C=O) groups excluding carboxylic acids is 4. The van der Waals surface area contributed by atoms with Crippen LogP contribution in [0, 0.1) is 0 Å². The molecule has 1 aliphatic rings. The van der Waals surface area contributed by atoms with Crippen LogP contribution < -0.4 is 5.32 Å². The van der Waals surface area contributed by atoms with E-state index in [0.29, 0.717) is 11.3 Å². The fourth-order valence-corrected chi connectivity index (χ4v) is 3.77. The van der Waals surface area contributed by atoms with Crippen molar-refractivity contribution in [3.8, 4) is 0 Å². The van der Waals surface area contributed by atoms with Gasteiger partial charge in [-0.3, -0.25) is 19.3 Å². The Morgan fingerprint density at radius 1 is 0.879 bits per heavy atom. The summed E-state index contributed by atoms with van der Waals surface area (Å²) in [5.41, 5.74) is 2.25. The van der Waals surface area contributed by atoms with Crippen molar-refractivity contribution in [2.75, 3.05) is 11.9 Å². The molecule has 7 heteroatoms. The fraction of sp³-hybridized carbons (Fsp3) is 0.154. The highest BCUT2D eigenvalue weighted by atomic mass is 16.5. The maximum Gasteiger partial charge on any atom is 0.338 e. The number of anilines is 1. The zero-order chi connectivity index (χ0) is 23.5. The second kappa shape index (κ2) is 9.08. The van der Waals surface area contributed by atoms with Crippen LogP contribution in [0.25, 0.3) is 0 Å². The number of amides is 3. The van der Waals surface area contributed by atoms with Crippen molar-refractivity contribution < 1.29 is 23.9 Å². The third kappa shape index (κ3) is 4.25. The van der Waals surface area contributed by atoms with Crippen LogP contribution in [0.3, 0.4) is 0 Å². The third-order valence-electron chi connectivity index (χ3n) is 5.48. The quantitative estimate of drug-likeness (QED) is 0.449. The number of rotatable bonds is 6. The summed E-state index contributed by atoms with van der Waals surface area (Å²) < 4.78 is 4.98. The monoisotopic (exact) mass is 442 g/mol. The molecule has 0 saturated heterocycles. The summed E-state index contributed by atoms with van der Waals surface area (Å²) in [5, 5.41) is 2.72. The molecule has 0 saturated carbocycles. The summed E-state index contributed by atoms with van der Waals surface area (Å²) in [4.78, 5) is 51.9. The van der Waals surface area contributed by atoms with E-state index in [9.17, 15) is 19.2 Å². The zero-order valence-corrected chi connectivity index (χ0v) is 18.2. The van der Waals surface area contributed by atoms with Crippen LogP contribution in [0.5, 0.6) is 0 Å². The highest BCUT2D eigenvalue weighted by Gasteiger charge is 2.39. The van der Waals surface area contributed by atoms with E-state index in [0.717, 1.165) is 5.56 Å². The molecule has 1 aliphatic heterocycles. The lowest BCUT2D eigenvalue weighted by Crippen LogP contribution is -2.32. The van der Waals surface area contributed by atoms with Crippen molar-refractivity contribution in [2.45, 2.75) is 19.9 Å². The SMILES string of the molecule is CCOC(=O)c1cccc(NC(=O)c2ccc3c(c2)C(=O)N(C(C)c2ccccc2)C3=O)c1. The van der Waals surface area contributed by atoms with Gasteiger partial charge < -0.3 is 10.1 Å². The van der Waals surface area contributed by atoms with Crippen LogP contribution in [0.1, 0.15) is 66.9 Å². The molecule has 33 heavy (non-hydrogen) atoms. The van der Waals surface area contributed by atoms with Gasteiger partial charge in [0.1, 0.15) is 0 Å². The number of nitrogens with zero attached hydrogens (tertiary/aromatic N) is 1. The zero-order valence-electron chi connectivity index (χ0n) is 18.2. The largest absolute Gasteiger partial charge is 0.462 e. The molecule has 3 amide bonds. The first-order valence-corrected chi connectivity index (χ1v) is 10.6. The number of hydrogen-bond acceptors (Lipinski definition) is 5. The minimum atomic E-state index is -0.483. The maximum absolute atomic E-state index is 13.1. The molecule has 3 aromatic carbocycles. The highest BCUT2D eigenvalue weighted by Crippen LogP contribution is 2.31. The highest BCUT2D eigenvalue weighted by molar-refractivity contribution is 6.22. The molecule has 0 spiro atoms. The molecular weight excluding hydrogens is 420 g/mol. The summed E-state index contributed by atoms with van der Waals surface area (Å²) in [7, 11) is 0. The van der Waals surface area contributed by atoms with Gasteiger partial charge in [0.25, 0.3) is 17.7 Å². The van der Waals surface area contributed by atoms with Gasteiger partial charge in [-0.1, -0.05) is 36.4 Å². The minimum absolute atomic E-state index is 0.190. The van der Waals surface area contributed by atoms with E-state index in [2.05, 4.69) is 5.32 Å². The standard InChI is InChI=1S/C26H22N2O5/c1-3-33-26(32)19-10-7-11-20(14-19)27-23(29)18-12-13-21-22(15-18)25(31)28(24(21)30)16(2)17-8-5-4-6-9-17/h4-16H,3H2,1-2H3,(H,27,29). The smallest absolute Gasteiger partial charge is 0.338 e. The van der Waals surface area contributed by atoms with E-state index in [1.807, 2.05) is 30.3 Å². The maximum atomic E-state index is 13.1. The number of ether oxygens (including phenoxy) is 1. The average molecular weight is 442 g/mol. The number of carbonyl (C=O) groups is 4. The molecule has 1 atom stereocenters. The number of nitrogens with one attached hydrogen (secondary N) is 1. The van der Waals surface area contributed by atoms with Gasteiger partial charge in [0, 0.05) is 11.3 Å². The van der Waals surface area contributed by atoms with Crippen LogP contribution in [0.4, 0.5) is 5.69 Å². The van der Waals surface area contributed by atoms with E-state index in [-0.39, 0.29) is 29.2 Å². The Kier molecular flexibility index (Phi) is 6.04. The van der Waals surface area contributed by atoms with Crippen molar-refractivity contribution in [1.82, 2.24) is 4.90 Å². The van der Waals surface area contributed by atoms with Crippen molar-refractivity contribution in [2.24, 2.45) is 0 Å². The lowest BCUT2D eigenvalue weighted by Gasteiger charge is -2.22. The average Bonchev–Trinajstić information content (AvgIpc) is 3.08. The normalized spacial score (nSPS) is 13.5. The Hall–Kier alpha value is -4.26. The van der Waals surface area contributed by atoms with Crippen molar-refractivity contribution in [1.29, 1.82) is 0 Å². The van der Waals surface area contributed by atoms with E-state index in [1.54, 1.807) is 32.0 Å². The van der Waals surface area contributed by atoms with Gasteiger partial charge in [0.15, 0.2) is 0 Å². The number of esters is 1. The topological polar surface area (TPSA) is 92.8 Å². The lowest BCUT2D eigenvalue weighted by molar-refractivity contribution is 0.0524. The van der Waals surface area contributed by atoms with Gasteiger partial charge in [-0.15, -0.1) is 0 Å². The van der Waals surface area contributed by atoms with Crippen LogP contribution in [-0.4, -0.2) is 35.2 Å². The second-order valence-corrected chi connectivity index (χ2v) is 7.58. The summed E-state index contributed by atoms with van der Waals surface area (Å²) >= 11 is 0. The summed E-state index contributed by atoms with van der Waals surface area (Å²) in [5.74, 6) is -1.78. The van der Waals surface area contributed by atoms with Gasteiger partial charge in [-0.2, -0.15) is 0 Å². The number of fused-ring (bicyclic) bond motifs is 1. The minimum Gasteiger partial charge on any atom is -0.462 e. The predicted molar refractivity (Wildman–Crippen MR) is 122 cm³/mol. The fourth-order valence-electron chi connectivity index (χ4n) is 3.77. The Morgan fingerprint density at radius 3 is 2.33 bits per heavy atom. The van der Waals surface area contributed by atoms with Crippen LogP contribution in [0.2, 0.25) is 0 Å². The molecule has 0 bridgehead atoms. The molecular formula is C26H22N2O5. The Morgan fingerprint density at radius 2 is 1.61 bits per heavy atom. The van der Waals surface area contributed by atoms with Crippen LogP contribution >= 0.6 is 0 Å². The van der Waals surface area contributed by atoms with Gasteiger partial charge in [0.2, 0.25) is 0 Å². The van der Waals surface area contributed by atoms with Gasteiger partial charge in [0.05, 0.1) is 29.3 Å².